The Labute approximate surface area is 123 Å². The van der Waals surface area contributed by atoms with Crippen LogP contribution in [0.3, 0.4) is 0 Å². The number of nitrogens with one attached hydrogen (secondary N) is 1. The fourth-order valence-corrected chi connectivity index (χ4v) is 2.77. The van der Waals surface area contributed by atoms with Crippen molar-refractivity contribution in [1.29, 1.82) is 0 Å². The van der Waals surface area contributed by atoms with Crippen LogP contribution in [0.15, 0.2) is 4.52 Å². The van der Waals surface area contributed by atoms with Gasteiger partial charge in [-0.1, -0.05) is 19.0 Å². The minimum absolute atomic E-state index is 0.107. The molecule has 0 atom stereocenters. The van der Waals surface area contributed by atoms with Crippen LogP contribution in [-0.4, -0.2) is 28.7 Å². The number of amides is 1. The molecular formula is C15H22N2O4. The Bertz CT molecular complexity index is 532. The first-order valence-corrected chi connectivity index (χ1v) is 7.53. The number of hydrogen-bond acceptors (Lipinski definition) is 4. The van der Waals surface area contributed by atoms with Gasteiger partial charge in [-0.3, -0.25) is 9.59 Å². The molecule has 1 aliphatic carbocycles. The van der Waals surface area contributed by atoms with Gasteiger partial charge in [-0.2, -0.15) is 0 Å². The van der Waals surface area contributed by atoms with Gasteiger partial charge in [-0.15, -0.1) is 0 Å². The van der Waals surface area contributed by atoms with Crippen molar-refractivity contribution in [3.8, 4) is 0 Å². The number of carboxylic acids is 1. The average Bonchev–Trinajstić information content (AvgIpc) is 2.92. The molecule has 0 saturated heterocycles. The Morgan fingerprint density at radius 1 is 1.29 bits per heavy atom. The Balaban J connectivity index is 2.08. The Hall–Kier alpha value is -1.85. The molecule has 0 bridgehead atoms. The zero-order valence-corrected chi connectivity index (χ0v) is 12.6. The van der Waals surface area contributed by atoms with Crippen molar-refractivity contribution in [1.82, 2.24) is 10.5 Å². The number of carbonyl (C=O) groups excluding carboxylic acids is 1. The van der Waals surface area contributed by atoms with Gasteiger partial charge >= 0.3 is 5.97 Å². The van der Waals surface area contributed by atoms with Gasteiger partial charge in [0.1, 0.15) is 5.76 Å². The first-order valence-electron chi connectivity index (χ1n) is 7.53. The highest BCUT2D eigenvalue weighted by Crippen LogP contribution is 2.27. The summed E-state index contributed by atoms with van der Waals surface area (Å²) < 4.78 is 5.21. The summed E-state index contributed by atoms with van der Waals surface area (Å²) in [4.78, 5) is 23.7. The van der Waals surface area contributed by atoms with Crippen LogP contribution in [0.1, 0.15) is 61.3 Å². The van der Waals surface area contributed by atoms with E-state index >= 15 is 0 Å². The zero-order chi connectivity index (χ0) is 15.5. The van der Waals surface area contributed by atoms with E-state index in [4.69, 9.17) is 4.52 Å². The monoisotopic (exact) mass is 294 g/mol. The van der Waals surface area contributed by atoms with Gasteiger partial charge in [0.25, 0.3) is 5.91 Å². The van der Waals surface area contributed by atoms with E-state index in [1.165, 1.54) is 0 Å². The van der Waals surface area contributed by atoms with Gasteiger partial charge in [0, 0.05) is 18.5 Å². The fourth-order valence-electron chi connectivity index (χ4n) is 2.77. The van der Waals surface area contributed by atoms with Crippen LogP contribution in [0.5, 0.6) is 0 Å². The maximum atomic E-state index is 12.3. The van der Waals surface area contributed by atoms with E-state index in [2.05, 4.69) is 10.5 Å². The minimum atomic E-state index is -0.917. The highest BCUT2D eigenvalue weighted by atomic mass is 16.5. The van der Waals surface area contributed by atoms with Gasteiger partial charge in [0.05, 0.1) is 5.41 Å². The Kier molecular flexibility index (Phi) is 4.65. The molecule has 0 spiro atoms. The van der Waals surface area contributed by atoms with Crippen LogP contribution >= 0.6 is 0 Å². The summed E-state index contributed by atoms with van der Waals surface area (Å²) >= 11 is 0. The van der Waals surface area contributed by atoms with Crippen LogP contribution in [-0.2, 0) is 17.6 Å². The number of rotatable bonds is 6. The zero-order valence-electron chi connectivity index (χ0n) is 12.6. The molecule has 0 radical (unpaired) electrons. The predicted molar refractivity (Wildman–Crippen MR) is 76.1 cm³/mol. The van der Waals surface area contributed by atoms with E-state index in [1.54, 1.807) is 0 Å². The number of hydrogen-bond donors (Lipinski definition) is 2. The molecule has 6 heteroatoms. The number of nitrogens with zero attached hydrogens (tertiary/aromatic N) is 1. The number of aryl methyl sites for hydroxylation is 1. The lowest BCUT2D eigenvalue weighted by Crippen LogP contribution is -2.42. The van der Waals surface area contributed by atoms with E-state index < -0.39 is 11.4 Å². The Morgan fingerprint density at radius 2 is 1.95 bits per heavy atom. The molecule has 1 aromatic heterocycles. The molecule has 116 valence electrons. The fraction of sp³-hybridized carbons (Fsp3) is 0.667. The van der Waals surface area contributed by atoms with Crippen molar-refractivity contribution < 1.29 is 19.2 Å². The lowest BCUT2D eigenvalue weighted by molar-refractivity contribution is -0.149. The number of fused-ring (bicyclic) bond motifs is 1. The average molecular weight is 294 g/mol. The van der Waals surface area contributed by atoms with Crippen molar-refractivity contribution in [3.63, 3.8) is 0 Å². The second-order valence-electron chi connectivity index (χ2n) is 5.62. The standard InChI is InChI=1S/C15H22N2O4/c1-3-15(4-2,14(19)20)9-16-13(18)12-10-7-5-6-8-11(10)21-17-12/h3-9H2,1-2H3,(H,16,18)(H,19,20). The number of carbonyl (C=O) groups is 2. The quantitative estimate of drug-likeness (QED) is 0.839. The van der Waals surface area contributed by atoms with E-state index in [9.17, 15) is 14.7 Å². The lowest BCUT2D eigenvalue weighted by Gasteiger charge is -2.26. The highest BCUT2D eigenvalue weighted by Gasteiger charge is 2.36. The van der Waals surface area contributed by atoms with Gasteiger partial charge in [-0.25, -0.2) is 0 Å². The molecule has 2 rings (SSSR count). The van der Waals surface area contributed by atoms with E-state index in [-0.39, 0.29) is 12.5 Å². The largest absolute Gasteiger partial charge is 0.481 e. The van der Waals surface area contributed by atoms with Crippen LogP contribution < -0.4 is 5.32 Å². The predicted octanol–water partition coefficient (Wildman–Crippen LogP) is 2.17. The molecule has 0 aromatic carbocycles. The second kappa shape index (κ2) is 6.28. The van der Waals surface area contributed by atoms with Crippen molar-refractivity contribution >= 4 is 11.9 Å². The maximum Gasteiger partial charge on any atom is 0.311 e. The molecule has 2 N–H and O–H groups in total. The van der Waals surface area contributed by atoms with Gasteiger partial charge in [0.15, 0.2) is 5.69 Å². The molecule has 1 aromatic rings. The van der Waals surface area contributed by atoms with Crippen LogP contribution in [0, 0.1) is 5.41 Å². The van der Waals surface area contributed by atoms with Gasteiger partial charge < -0.3 is 14.9 Å². The molecule has 0 fully saturated rings. The van der Waals surface area contributed by atoms with E-state index in [0.717, 1.165) is 37.0 Å². The normalized spacial score (nSPS) is 14.6. The smallest absolute Gasteiger partial charge is 0.311 e. The molecule has 21 heavy (non-hydrogen) atoms. The van der Waals surface area contributed by atoms with E-state index in [1.807, 2.05) is 13.8 Å². The van der Waals surface area contributed by atoms with Crippen molar-refractivity contribution in [2.24, 2.45) is 5.41 Å². The van der Waals surface area contributed by atoms with Crippen molar-refractivity contribution in [2.45, 2.75) is 52.4 Å². The number of carboxylic acid groups (broad SMARTS) is 1. The third kappa shape index (κ3) is 2.94. The van der Waals surface area contributed by atoms with Gasteiger partial charge in [-0.05, 0) is 32.1 Å². The summed E-state index contributed by atoms with van der Waals surface area (Å²) in [5, 5.41) is 16.0. The number of aliphatic carboxylic acids is 1. The molecule has 0 aliphatic heterocycles. The molecule has 1 aliphatic rings. The Morgan fingerprint density at radius 3 is 2.57 bits per heavy atom. The molecule has 6 nitrogen and oxygen atoms in total. The first-order chi connectivity index (χ1) is 10.0. The van der Waals surface area contributed by atoms with Crippen molar-refractivity contribution in [2.75, 3.05) is 6.54 Å². The third-order valence-corrected chi connectivity index (χ3v) is 4.56. The molecule has 1 heterocycles. The minimum Gasteiger partial charge on any atom is -0.481 e. The number of aromatic nitrogens is 1. The summed E-state index contributed by atoms with van der Waals surface area (Å²) in [5.41, 5.74) is 0.281. The summed E-state index contributed by atoms with van der Waals surface area (Å²) in [6, 6.07) is 0. The summed E-state index contributed by atoms with van der Waals surface area (Å²) in [7, 11) is 0. The van der Waals surface area contributed by atoms with Crippen LogP contribution in [0.4, 0.5) is 0 Å². The second-order valence-corrected chi connectivity index (χ2v) is 5.62. The third-order valence-electron chi connectivity index (χ3n) is 4.56. The van der Waals surface area contributed by atoms with Gasteiger partial charge in [0.2, 0.25) is 0 Å². The molecular weight excluding hydrogens is 272 g/mol. The molecule has 1 amide bonds. The molecule has 0 unspecified atom stereocenters. The SMILES string of the molecule is CCC(CC)(CNC(=O)c1noc2c1CCCC2)C(=O)O. The lowest BCUT2D eigenvalue weighted by atomic mass is 9.82. The molecule has 0 saturated carbocycles. The maximum absolute atomic E-state index is 12.3. The summed E-state index contributed by atoms with van der Waals surface area (Å²) in [6.07, 6.45) is 4.63. The summed E-state index contributed by atoms with van der Waals surface area (Å²) in [6.45, 7) is 3.75. The van der Waals surface area contributed by atoms with Crippen molar-refractivity contribution in [3.05, 3.63) is 17.0 Å². The summed E-state index contributed by atoms with van der Waals surface area (Å²) in [5.74, 6) is -0.425. The highest BCUT2D eigenvalue weighted by molar-refractivity contribution is 5.94. The first kappa shape index (κ1) is 15.5. The van der Waals surface area contributed by atoms with E-state index in [0.29, 0.717) is 18.5 Å². The van der Waals surface area contributed by atoms with Crippen LogP contribution in [0.2, 0.25) is 0 Å². The topological polar surface area (TPSA) is 92.4 Å². The van der Waals surface area contributed by atoms with Crippen LogP contribution in [0.25, 0.3) is 0 Å².